The van der Waals surface area contributed by atoms with Crippen LogP contribution in [0.5, 0.6) is 0 Å². The zero-order chi connectivity index (χ0) is 14.2. The molecule has 6 nitrogen and oxygen atoms in total. The highest BCUT2D eigenvalue weighted by Gasteiger charge is 2.27. The van der Waals surface area contributed by atoms with Gasteiger partial charge in [0, 0.05) is 19.6 Å². The second-order valence-corrected chi connectivity index (χ2v) is 6.47. The summed E-state index contributed by atoms with van der Waals surface area (Å²) >= 11 is 3.37. The molecule has 1 fully saturated rings. The van der Waals surface area contributed by atoms with Crippen LogP contribution < -0.4 is 0 Å². The fourth-order valence-corrected chi connectivity index (χ4v) is 2.87. The number of aromatic nitrogens is 4. The molecule has 0 spiro atoms. The fraction of sp³-hybridized carbons (Fsp3) is 0.615. The maximum Gasteiger partial charge on any atom is 0.197 e. The van der Waals surface area contributed by atoms with Crippen LogP contribution in [0.25, 0.3) is 11.3 Å². The van der Waals surface area contributed by atoms with Crippen LogP contribution in [0.4, 0.5) is 0 Å². The zero-order valence-electron chi connectivity index (χ0n) is 11.7. The van der Waals surface area contributed by atoms with Crippen LogP contribution >= 0.6 is 15.9 Å². The molecule has 0 unspecified atom stereocenters. The van der Waals surface area contributed by atoms with Crippen LogP contribution in [-0.2, 0) is 10.3 Å². The molecule has 1 aliphatic heterocycles. The van der Waals surface area contributed by atoms with Gasteiger partial charge in [-0.1, -0.05) is 0 Å². The van der Waals surface area contributed by atoms with E-state index in [9.17, 15) is 0 Å². The van der Waals surface area contributed by atoms with Gasteiger partial charge in [0.2, 0.25) is 0 Å². The van der Waals surface area contributed by atoms with E-state index in [1.807, 2.05) is 6.33 Å². The minimum absolute atomic E-state index is 0.0957. The minimum atomic E-state index is -0.0957. The Hall–Kier alpha value is -1.05. The van der Waals surface area contributed by atoms with Crippen molar-refractivity contribution in [1.29, 1.82) is 0 Å². The Morgan fingerprint density at radius 1 is 1.30 bits per heavy atom. The Kier molecular flexibility index (Phi) is 3.74. The largest absolute Gasteiger partial charge is 0.379 e. The van der Waals surface area contributed by atoms with E-state index >= 15 is 0 Å². The predicted molar refractivity (Wildman–Crippen MR) is 79.6 cm³/mol. The topological polar surface area (TPSA) is 56.1 Å². The zero-order valence-corrected chi connectivity index (χ0v) is 13.3. The third kappa shape index (κ3) is 2.70. The summed E-state index contributed by atoms with van der Waals surface area (Å²) in [6.07, 6.45) is 3.51. The molecule has 3 heterocycles. The van der Waals surface area contributed by atoms with Crippen molar-refractivity contribution >= 4 is 27.2 Å². The van der Waals surface area contributed by atoms with E-state index < -0.39 is 0 Å². The van der Waals surface area contributed by atoms with Crippen LogP contribution in [0.3, 0.4) is 0 Å². The summed E-state index contributed by atoms with van der Waals surface area (Å²) in [5.41, 5.74) is 1.41. The number of imidazole rings is 1. The van der Waals surface area contributed by atoms with Crippen molar-refractivity contribution < 1.29 is 4.74 Å². The van der Waals surface area contributed by atoms with E-state index in [0.717, 1.165) is 43.1 Å². The SMILES string of the molecule is CC(C)(CN1CCOCC1)n1cnc2ncc(Br)nc21. The van der Waals surface area contributed by atoms with E-state index in [-0.39, 0.29) is 5.54 Å². The Morgan fingerprint density at radius 3 is 2.80 bits per heavy atom. The average molecular weight is 340 g/mol. The lowest BCUT2D eigenvalue weighted by Crippen LogP contribution is -2.45. The molecule has 2 aromatic rings. The Morgan fingerprint density at radius 2 is 2.05 bits per heavy atom. The van der Waals surface area contributed by atoms with E-state index in [2.05, 4.69) is 54.2 Å². The van der Waals surface area contributed by atoms with Crippen molar-refractivity contribution in [1.82, 2.24) is 24.4 Å². The molecule has 0 bridgehead atoms. The number of morpholine rings is 1. The first kappa shape index (κ1) is 13.9. The molecule has 0 aromatic carbocycles. The summed E-state index contributed by atoms with van der Waals surface area (Å²) in [6.45, 7) is 8.92. The number of hydrogen-bond donors (Lipinski definition) is 0. The third-order valence-electron chi connectivity index (χ3n) is 3.60. The van der Waals surface area contributed by atoms with Crippen molar-refractivity contribution in [2.45, 2.75) is 19.4 Å². The molecule has 3 rings (SSSR count). The Balaban J connectivity index is 1.89. The van der Waals surface area contributed by atoms with Crippen molar-refractivity contribution in [2.75, 3.05) is 32.8 Å². The van der Waals surface area contributed by atoms with Gasteiger partial charge < -0.3 is 9.30 Å². The molecule has 0 N–H and O–H groups in total. The third-order valence-corrected chi connectivity index (χ3v) is 3.98. The number of ether oxygens (including phenoxy) is 1. The highest BCUT2D eigenvalue weighted by atomic mass is 79.9. The lowest BCUT2D eigenvalue weighted by Gasteiger charge is -2.35. The molecule has 0 radical (unpaired) electrons. The maximum absolute atomic E-state index is 5.40. The Bertz CT molecular complexity index is 606. The van der Waals surface area contributed by atoms with Gasteiger partial charge in [-0.25, -0.2) is 15.0 Å². The van der Waals surface area contributed by atoms with Gasteiger partial charge >= 0.3 is 0 Å². The highest BCUT2D eigenvalue weighted by molar-refractivity contribution is 9.10. The number of rotatable bonds is 3. The van der Waals surface area contributed by atoms with Gasteiger partial charge in [0.15, 0.2) is 11.3 Å². The summed E-state index contributed by atoms with van der Waals surface area (Å²) in [4.78, 5) is 15.6. The van der Waals surface area contributed by atoms with Gasteiger partial charge in [-0.3, -0.25) is 4.90 Å². The lowest BCUT2D eigenvalue weighted by atomic mass is 10.0. The molecule has 108 valence electrons. The first-order chi connectivity index (χ1) is 9.56. The van der Waals surface area contributed by atoms with Gasteiger partial charge in [0.05, 0.1) is 31.3 Å². The molecule has 1 aliphatic rings. The van der Waals surface area contributed by atoms with Crippen molar-refractivity contribution in [3.8, 4) is 0 Å². The number of halogens is 1. The van der Waals surface area contributed by atoms with Gasteiger partial charge in [0.1, 0.15) is 4.60 Å². The molecule has 7 heteroatoms. The van der Waals surface area contributed by atoms with Crippen molar-refractivity contribution in [2.24, 2.45) is 0 Å². The normalized spacial score (nSPS) is 17.8. The van der Waals surface area contributed by atoms with Gasteiger partial charge in [-0.15, -0.1) is 0 Å². The number of fused-ring (bicyclic) bond motifs is 1. The number of nitrogens with zero attached hydrogens (tertiary/aromatic N) is 5. The van der Waals surface area contributed by atoms with Gasteiger partial charge in [0.25, 0.3) is 0 Å². The summed E-state index contributed by atoms with van der Waals surface area (Å²) in [5.74, 6) is 0. The Labute approximate surface area is 126 Å². The second-order valence-electron chi connectivity index (χ2n) is 5.66. The predicted octanol–water partition coefficient (Wildman–Crippen LogP) is 1.66. The standard InChI is InChI=1S/C13H18BrN5O/c1-13(2,8-18-3-5-20-6-4-18)19-9-16-11-12(19)17-10(14)7-15-11/h7,9H,3-6,8H2,1-2H3. The maximum atomic E-state index is 5.40. The minimum Gasteiger partial charge on any atom is -0.379 e. The van der Waals surface area contributed by atoms with Crippen molar-refractivity contribution in [3.63, 3.8) is 0 Å². The van der Waals surface area contributed by atoms with Gasteiger partial charge in [-0.05, 0) is 29.8 Å². The van der Waals surface area contributed by atoms with Crippen LogP contribution in [-0.4, -0.2) is 57.3 Å². The van der Waals surface area contributed by atoms with E-state index in [4.69, 9.17) is 4.74 Å². The first-order valence-electron chi connectivity index (χ1n) is 6.72. The molecular formula is C13H18BrN5O. The first-order valence-corrected chi connectivity index (χ1v) is 7.52. The van der Waals surface area contributed by atoms with Crippen LogP contribution in [0.15, 0.2) is 17.1 Å². The van der Waals surface area contributed by atoms with Crippen LogP contribution in [0.1, 0.15) is 13.8 Å². The van der Waals surface area contributed by atoms with E-state index in [0.29, 0.717) is 5.65 Å². The van der Waals surface area contributed by atoms with Gasteiger partial charge in [-0.2, -0.15) is 0 Å². The van der Waals surface area contributed by atoms with E-state index in [1.165, 1.54) is 0 Å². The summed E-state index contributed by atoms with van der Waals surface area (Å²) in [7, 11) is 0. The molecule has 0 aliphatic carbocycles. The molecule has 0 amide bonds. The van der Waals surface area contributed by atoms with Crippen molar-refractivity contribution in [3.05, 3.63) is 17.1 Å². The highest BCUT2D eigenvalue weighted by Crippen LogP contribution is 2.23. The fourth-order valence-electron chi connectivity index (χ4n) is 2.60. The summed E-state index contributed by atoms with van der Waals surface area (Å²) in [6, 6.07) is 0. The van der Waals surface area contributed by atoms with Crippen LogP contribution in [0.2, 0.25) is 0 Å². The molecule has 1 saturated heterocycles. The summed E-state index contributed by atoms with van der Waals surface area (Å²) in [5, 5.41) is 0. The van der Waals surface area contributed by atoms with Crippen LogP contribution in [0, 0.1) is 0 Å². The van der Waals surface area contributed by atoms with E-state index in [1.54, 1.807) is 6.20 Å². The second kappa shape index (κ2) is 5.38. The smallest absolute Gasteiger partial charge is 0.197 e. The number of hydrogen-bond acceptors (Lipinski definition) is 5. The quantitative estimate of drug-likeness (QED) is 0.851. The molecule has 0 saturated carbocycles. The molecule has 2 aromatic heterocycles. The lowest BCUT2D eigenvalue weighted by molar-refractivity contribution is 0.0232. The molecular weight excluding hydrogens is 322 g/mol. The monoisotopic (exact) mass is 339 g/mol. The summed E-state index contributed by atoms with van der Waals surface area (Å²) < 4.78 is 8.24. The molecule has 20 heavy (non-hydrogen) atoms. The molecule has 0 atom stereocenters. The average Bonchev–Trinajstić information content (AvgIpc) is 2.83.